The highest BCUT2D eigenvalue weighted by molar-refractivity contribution is 5.97. The molecule has 0 unspecified atom stereocenters. The molecule has 7 nitrogen and oxygen atoms in total. The molecule has 1 aliphatic carbocycles. The molecule has 1 heterocycles. The molecule has 0 aromatic heterocycles. The second kappa shape index (κ2) is 8.90. The van der Waals surface area contributed by atoms with Crippen LogP contribution >= 0.6 is 0 Å². The lowest BCUT2D eigenvalue weighted by Gasteiger charge is -2.52. The van der Waals surface area contributed by atoms with Gasteiger partial charge in [0.15, 0.2) is 11.5 Å². The summed E-state index contributed by atoms with van der Waals surface area (Å²) in [6.07, 6.45) is 4.09. The zero-order valence-electron chi connectivity index (χ0n) is 18.8. The Morgan fingerprint density at radius 2 is 1.78 bits per heavy atom. The van der Waals surface area contributed by atoms with E-state index >= 15 is 0 Å². The number of phenolic OH excluding ortho intramolecular Hbond substituents is 1. The number of phenols is 1. The Hall–Kier alpha value is -2.93. The number of piperidine rings is 1. The number of rotatable bonds is 5. The number of benzene rings is 2. The molecule has 2 fully saturated rings. The second-order valence-corrected chi connectivity index (χ2v) is 8.65. The molecule has 1 saturated carbocycles. The van der Waals surface area contributed by atoms with E-state index in [1.807, 2.05) is 11.0 Å². The smallest absolute Gasteiger partial charge is 0.258 e. The molecule has 0 bridgehead atoms. The van der Waals surface area contributed by atoms with Gasteiger partial charge in [-0.2, -0.15) is 0 Å². The number of hydrogen-bond donors (Lipinski definition) is 2. The molecule has 32 heavy (non-hydrogen) atoms. The van der Waals surface area contributed by atoms with Gasteiger partial charge in [-0.3, -0.25) is 4.79 Å². The zero-order chi connectivity index (χ0) is 22.9. The highest BCUT2D eigenvalue weighted by Gasteiger charge is 2.50. The first-order valence-electron chi connectivity index (χ1n) is 11.0. The Balaban J connectivity index is 1.78. The largest absolute Gasteiger partial charge is 0.504 e. The minimum Gasteiger partial charge on any atom is -0.504 e. The molecule has 1 amide bonds. The number of amides is 1. The fourth-order valence-corrected chi connectivity index (χ4v) is 5.33. The quantitative estimate of drug-likeness (QED) is 0.731. The molecule has 3 atom stereocenters. The number of fused-ring (bicyclic) bond motifs is 1. The van der Waals surface area contributed by atoms with E-state index in [1.165, 1.54) is 14.2 Å². The predicted molar refractivity (Wildman–Crippen MR) is 120 cm³/mol. The fourth-order valence-electron chi connectivity index (χ4n) is 5.33. The number of carbonyl (C=O) groups excluding carboxylic acids is 1. The Labute approximate surface area is 188 Å². The first kappa shape index (κ1) is 22.3. The number of methoxy groups -OCH3 is 3. The van der Waals surface area contributed by atoms with E-state index in [4.69, 9.17) is 14.2 Å². The topological polar surface area (TPSA) is 88.5 Å². The summed E-state index contributed by atoms with van der Waals surface area (Å²) < 4.78 is 16.1. The lowest BCUT2D eigenvalue weighted by atomic mass is 9.66. The summed E-state index contributed by atoms with van der Waals surface area (Å²) in [5.41, 5.74) is 0.477. The summed E-state index contributed by atoms with van der Waals surface area (Å²) in [6, 6.07) is 9.99. The molecule has 7 heteroatoms. The van der Waals surface area contributed by atoms with Gasteiger partial charge in [-0.15, -0.1) is 0 Å². The molecule has 1 aliphatic heterocycles. The van der Waals surface area contributed by atoms with Crippen LogP contribution in [0.2, 0.25) is 0 Å². The highest BCUT2D eigenvalue weighted by Crippen LogP contribution is 2.50. The van der Waals surface area contributed by atoms with Gasteiger partial charge < -0.3 is 29.3 Å². The zero-order valence-corrected chi connectivity index (χ0v) is 18.8. The maximum Gasteiger partial charge on any atom is 0.258 e. The lowest BCUT2D eigenvalue weighted by Crippen LogP contribution is -2.56. The van der Waals surface area contributed by atoms with Gasteiger partial charge in [0, 0.05) is 18.5 Å². The van der Waals surface area contributed by atoms with E-state index in [9.17, 15) is 15.0 Å². The van der Waals surface area contributed by atoms with Gasteiger partial charge in [0.2, 0.25) is 0 Å². The molecule has 1 saturated heterocycles. The summed E-state index contributed by atoms with van der Waals surface area (Å²) >= 11 is 0. The Kier molecular flexibility index (Phi) is 6.20. The normalized spacial score (nSPS) is 25.1. The number of carbonyl (C=O) groups is 1. The molecule has 2 aromatic carbocycles. The van der Waals surface area contributed by atoms with Crippen LogP contribution in [0.3, 0.4) is 0 Å². The van der Waals surface area contributed by atoms with Crippen LogP contribution in [0.15, 0.2) is 36.4 Å². The third-order valence-electron chi connectivity index (χ3n) is 7.01. The van der Waals surface area contributed by atoms with E-state index in [-0.39, 0.29) is 23.6 Å². The predicted octanol–water partition coefficient (Wildman–Crippen LogP) is 3.93. The number of aromatic hydroxyl groups is 1. The summed E-state index contributed by atoms with van der Waals surface area (Å²) in [5, 5.41) is 21.6. The summed E-state index contributed by atoms with van der Waals surface area (Å²) in [5.74, 6) is 1.18. The molecule has 0 radical (unpaired) electrons. The van der Waals surface area contributed by atoms with Crippen molar-refractivity contribution in [2.45, 2.75) is 43.7 Å². The molecule has 2 N–H and O–H groups in total. The van der Waals surface area contributed by atoms with Gasteiger partial charge in [0.25, 0.3) is 5.91 Å². The van der Waals surface area contributed by atoms with Crippen molar-refractivity contribution in [3.05, 3.63) is 47.5 Å². The average Bonchev–Trinajstić information content (AvgIpc) is 2.82. The summed E-state index contributed by atoms with van der Waals surface area (Å²) in [6.45, 7) is 0.425. The second-order valence-electron chi connectivity index (χ2n) is 8.65. The maximum atomic E-state index is 13.8. The van der Waals surface area contributed by atoms with Gasteiger partial charge >= 0.3 is 0 Å². The van der Waals surface area contributed by atoms with Gasteiger partial charge in [0.1, 0.15) is 11.5 Å². The molecule has 4 rings (SSSR count). The van der Waals surface area contributed by atoms with Crippen molar-refractivity contribution < 1.29 is 29.2 Å². The summed E-state index contributed by atoms with van der Waals surface area (Å²) in [7, 11) is 4.60. The van der Waals surface area contributed by atoms with Crippen LogP contribution in [0.25, 0.3) is 0 Å². The van der Waals surface area contributed by atoms with E-state index in [2.05, 4.69) is 0 Å². The van der Waals surface area contributed by atoms with Crippen LogP contribution in [-0.4, -0.2) is 54.5 Å². The van der Waals surface area contributed by atoms with E-state index < -0.39 is 5.60 Å². The number of nitrogens with zero attached hydrogens (tertiary/aromatic N) is 1. The molecular weight excluding hydrogens is 410 g/mol. The van der Waals surface area contributed by atoms with Crippen molar-refractivity contribution in [2.24, 2.45) is 5.92 Å². The SMILES string of the molecule is COc1ccc(C(=O)N2CC[C@]3(O)CCCC[C@@H]3[C@H]2c2ccc(O)c(OC)c2)c(OC)c1. The first-order valence-corrected chi connectivity index (χ1v) is 11.0. The van der Waals surface area contributed by atoms with Crippen molar-refractivity contribution in [3.63, 3.8) is 0 Å². The van der Waals surface area contributed by atoms with Gasteiger partial charge in [0.05, 0.1) is 38.5 Å². The van der Waals surface area contributed by atoms with Crippen LogP contribution in [0.4, 0.5) is 0 Å². The van der Waals surface area contributed by atoms with Crippen LogP contribution in [0.1, 0.15) is 54.1 Å². The molecule has 2 aliphatic rings. The Bertz CT molecular complexity index is 992. The standard InChI is InChI=1S/C25H31NO6/c1-30-17-8-9-18(21(15-17)31-2)24(28)26-13-12-25(29)11-5-4-6-19(25)23(26)16-7-10-20(27)22(14-16)32-3/h7-10,14-15,19,23,27,29H,4-6,11-13H2,1-3H3/t19-,23-,25-/m1/s1. The van der Waals surface area contributed by atoms with Gasteiger partial charge in [-0.1, -0.05) is 18.9 Å². The van der Waals surface area contributed by atoms with Crippen molar-refractivity contribution in [2.75, 3.05) is 27.9 Å². The van der Waals surface area contributed by atoms with Crippen molar-refractivity contribution in [1.29, 1.82) is 0 Å². The summed E-state index contributed by atoms with van der Waals surface area (Å²) in [4.78, 5) is 15.6. The Morgan fingerprint density at radius 1 is 1.00 bits per heavy atom. The van der Waals surface area contributed by atoms with Gasteiger partial charge in [-0.05, 0) is 49.1 Å². The van der Waals surface area contributed by atoms with Crippen LogP contribution in [-0.2, 0) is 0 Å². The third kappa shape index (κ3) is 3.86. The number of ether oxygens (including phenoxy) is 3. The first-order chi connectivity index (χ1) is 15.4. The van der Waals surface area contributed by atoms with Crippen molar-refractivity contribution in [3.8, 4) is 23.0 Å². The van der Waals surface area contributed by atoms with Crippen LogP contribution < -0.4 is 14.2 Å². The molecule has 2 aromatic rings. The minimum atomic E-state index is -0.811. The van der Waals surface area contributed by atoms with Crippen LogP contribution in [0, 0.1) is 5.92 Å². The number of aliphatic hydroxyl groups is 1. The Morgan fingerprint density at radius 3 is 2.50 bits per heavy atom. The number of likely N-dealkylation sites (tertiary alicyclic amines) is 1. The molecule has 0 spiro atoms. The monoisotopic (exact) mass is 441 g/mol. The third-order valence-corrected chi connectivity index (χ3v) is 7.01. The maximum absolute atomic E-state index is 13.8. The van der Waals surface area contributed by atoms with Crippen LogP contribution in [0.5, 0.6) is 23.0 Å². The van der Waals surface area contributed by atoms with Crippen molar-refractivity contribution >= 4 is 5.91 Å². The lowest BCUT2D eigenvalue weighted by molar-refractivity contribution is -0.115. The molecular formula is C25H31NO6. The molecule has 172 valence electrons. The van der Waals surface area contributed by atoms with E-state index in [1.54, 1.807) is 37.4 Å². The average molecular weight is 442 g/mol. The van der Waals surface area contributed by atoms with Crippen molar-refractivity contribution in [1.82, 2.24) is 4.90 Å². The number of hydrogen-bond acceptors (Lipinski definition) is 6. The fraction of sp³-hybridized carbons (Fsp3) is 0.480. The van der Waals surface area contributed by atoms with Gasteiger partial charge in [-0.25, -0.2) is 0 Å². The minimum absolute atomic E-state index is 0.0423. The highest BCUT2D eigenvalue weighted by atomic mass is 16.5. The van der Waals surface area contributed by atoms with E-state index in [0.717, 1.165) is 31.2 Å². The van der Waals surface area contributed by atoms with E-state index in [0.29, 0.717) is 35.8 Å².